The molecule has 0 aromatic heterocycles. The number of carbonyl (C=O) groups is 1. The first-order valence-electron chi connectivity index (χ1n) is 4.80. The first-order valence-corrected chi connectivity index (χ1v) is 4.80. The third kappa shape index (κ3) is 1.86. The van der Waals surface area contributed by atoms with Crippen LogP contribution in [0.4, 0.5) is 0 Å². The number of epoxide rings is 1. The maximum absolute atomic E-state index is 11.6. The number of hydrogen-bond acceptors (Lipinski definition) is 2. The molecule has 2 heteroatoms. The standard InChI is InChI=1S/C10H18O2/c1-4-6-9(11)8(5-2)10(3)7-12-10/h8H,4-7H2,1-3H3. The normalized spacial score (nSPS) is 29.9. The van der Waals surface area contributed by atoms with Crippen LogP contribution in [-0.2, 0) is 9.53 Å². The molecule has 2 atom stereocenters. The van der Waals surface area contributed by atoms with Crippen molar-refractivity contribution in [3.8, 4) is 0 Å². The molecule has 1 saturated heterocycles. The van der Waals surface area contributed by atoms with Crippen molar-refractivity contribution in [1.29, 1.82) is 0 Å². The molecule has 1 aliphatic rings. The Hall–Kier alpha value is -0.370. The van der Waals surface area contributed by atoms with E-state index in [2.05, 4.69) is 6.92 Å². The van der Waals surface area contributed by atoms with Gasteiger partial charge < -0.3 is 4.74 Å². The molecule has 0 radical (unpaired) electrons. The Kier molecular flexibility index (Phi) is 2.89. The van der Waals surface area contributed by atoms with Gasteiger partial charge in [0, 0.05) is 12.3 Å². The zero-order valence-corrected chi connectivity index (χ0v) is 8.22. The van der Waals surface area contributed by atoms with Gasteiger partial charge in [-0.1, -0.05) is 13.8 Å². The number of Topliss-reactive ketones (excluding diaryl/α,β-unsaturated/α-hetero) is 1. The first-order chi connectivity index (χ1) is 5.64. The molecule has 70 valence electrons. The molecule has 0 spiro atoms. The molecule has 0 saturated carbocycles. The molecule has 1 heterocycles. The van der Waals surface area contributed by atoms with Crippen LogP contribution >= 0.6 is 0 Å². The molecule has 0 N–H and O–H groups in total. The van der Waals surface area contributed by atoms with Gasteiger partial charge in [0.25, 0.3) is 0 Å². The van der Waals surface area contributed by atoms with Crippen LogP contribution in [0.5, 0.6) is 0 Å². The van der Waals surface area contributed by atoms with Crippen molar-refractivity contribution in [2.75, 3.05) is 6.61 Å². The predicted molar refractivity (Wildman–Crippen MR) is 48.1 cm³/mol. The summed E-state index contributed by atoms with van der Waals surface area (Å²) in [6.07, 6.45) is 2.57. The van der Waals surface area contributed by atoms with E-state index in [9.17, 15) is 4.79 Å². The second-order valence-electron chi connectivity index (χ2n) is 3.78. The topological polar surface area (TPSA) is 29.6 Å². The van der Waals surface area contributed by atoms with Crippen LogP contribution in [0.2, 0.25) is 0 Å². The highest BCUT2D eigenvalue weighted by Crippen LogP contribution is 2.37. The van der Waals surface area contributed by atoms with Crippen molar-refractivity contribution in [1.82, 2.24) is 0 Å². The zero-order chi connectivity index (χ0) is 9.19. The lowest BCUT2D eigenvalue weighted by Gasteiger charge is -2.16. The number of ketones is 1. The van der Waals surface area contributed by atoms with E-state index in [-0.39, 0.29) is 11.5 Å². The SMILES string of the molecule is CCCC(=O)C(CC)C1(C)CO1. The van der Waals surface area contributed by atoms with Crippen molar-refractivity contribution in [3.63, 3.8) is 0 Å². The van der Waals surface area contributed by atoms with Gasteiger partial charge in [-0.25, -0.2) is 0 Å². The van der Waals surface area contributed by atoms with Gasteiger partial charge in [-0.15, -0.1) is 0 Å². The van der Waals surface area contributed by atoms with Crippen LogP contribution in [0.1, 0.15) is 40.0 Å². The summed E-state index contributed by atoms with van der Waals surface area (Å²) in [7, 11) is 0. The zero-order valence-electron chi connectivity index (χ0n) is 8.22. The molecule has 0 aromatic rings. The minimum Gasteiger partial charge on any atom is -0.369 e. The van der Waals surface area contributed by atoms with Gasteiger partial charge in [0.15, 0.2) is 0 Å². The van der Waals surface area contributed by atoms with E-state index in [1.165, 1.54) is 0 Å². The van der Waals surface area contributed by atoms with Crippen LogP contribution in [0.15, 0.2) is 0 Å². The minimum absolute atomic E-state index is 0.110. The van der Waals surface area contributed by atoms with E-state index in [1.54, 1.807) is 0 Å². The molecule has 2 unspecified atom stereocenters. The summed E-state index contributed by atoms with van der Waals surface area (Å²) in [5.74, 6) is 0.512. The molecule has 0 aliphatic carbocycles. The van der Waals surface area contributed by atoms with Gasteiger partial charge in [0.05, 0.1) is 12.2 Å². The van der Waals surface area contributed by atoms with Crippen LogP contribution in [0.25, 0.3) is 0 Å². The molecule has 1 aliphatic heterocycles. The van der Waals surface area contributed by atoms with E-state index >= 15 is 0 Å². The Morgan fingerprint density at radius 3 is 2.50 bits per heavy atom. The molecule has 2 nitrogen and oxygen atoms in total. The molecular weight excluding hydrogens is 152 g/mol. The van der Waals surface area contributed by atoms with Crippen molar-refractivity contribution in [2.45, 2.75) is 45.6 Å². The fourth-order valence-electron chi connectivity index (χ4n) is 1.74. The maximum atomic E-state index is 11.6. The van der Waals surface area contributed by atoms with Gasteiger partial charge in [-0.05, 0) is 19.8 Å². The van der Waals surface area contributed by atoms with Gasteiger partial charge in [0.2, 0.25) is 0 Å². The number of ether oxygens (including phenoxy) is 1. The average molecular weight is 170 g/mol. The van der Waals surface area contributed by atoms with Crippen molar-refractivity contribution in [2.24, 2.45) is 5.92 Å². The van der Waals surface area contributed by atoms with Gasteiger partial charge >= 0.3 is 0 Å². The fourth-order valence-corrected chi connectivity index (χ4v) is 1.74. The van der Waals surface area contributed by atoms with E-state index in [0.29, 0.717) is 12.2 Å². The van der Waals surface area contributed by atoms with Crippen LogP contribution in [0, 0.1) is 5.92 Å². The Balaban J connectivity index is 2.50. The lowest BCUT2D eigenvalue weighted by molar-refractivity contribution is -0.124. The second kappa shape index (κ2) is 3.56. The first kappa shape index (κ1) is 9.72. The Labute approximate surface area is 74.3 Å². The number of hydrogen-bond donors (Lipinski definition) is 0. The monoisotopic (exact) mass is 170 g/mol. The lowest BCUT2D eigenvalue weighted by atomic mass is 9.86. The van der Waals surface area contributed by atoms with Gasteiger partial charge in [-0.2, -0.15) is 0 Å². The predicted octanol–water partition coefficient (Wildman–Crippen LogP) is 2.17. The third-order valence-corrected chi connectivity index (χ3v) is 2.63. The third-order valence-electron chi connectivity index (χ3n) is 2.63. The highest BCUT2D eigenvalue weighted by Gasteiger charge is 2.48. The summed E-state index contributed by atoms with van der Waals surface area (Å²) >= 11 is 0. The van der Waals surface area contributed by atoms with E-state index < -0.39 is 0 Å². The molecule has 1 rings (SSSR count). The number of rotatable bonds is 5. The fraction of sp³-hybridized carbons (Fsp3) is 0.900. The Bertz CT molecular complexity index is 171. The summed E-state index contributed by atoms with van der Waals surface area (Å²) in [6.45, 7) is 6.90. The number of carbonyl (C=O) groups excluding carboxylic acids is 1. The van der Waals surface area contributed by atoms with Crippen molar-refractivity contribution in [3.05, 3.63) is 0 Å². The molecule has 0 amide bonds. The highest BCUT2D eigenvalue weighted by atomic mass is 16.6. The van der Waals surface area contributed by atoms with Crippen LogP contribution < -0.4 is 0 Å². The minimum atomic E-state index is -0.110. The van der Waals surface area contributed by atoms with E-state index in [0.717, 1.165) is 19.4 Å². The van der Waals surface area contributed by atoms with Crippen LogP contribution in [-0.4, -0.2) is 18.0 Å². The van der Waals surface area contributed by atoms with E-state index in [1.807, 2.05) is 13.8 Å². The Morgan fingerprint density at radius 1 is 1.58 bits per heavy atom. The quantitative estimate of drug-likeness (QED) is 0.592. The smallest absolute Gasteiger partial charge is 0.138 e. The summed E-state index contributed by atoms with van der Waals surface area (Å²) in [6, 6.07) is 0. The molecule has 1 fully saturated rings. The largest absolute Gasteiger partial charge is 0.369 e. The highest BCUT2D eigenvalue weighted by molar-refractivity contribution is 5.82. The van der Waals surface area contributed by atoms with E-state index in [4.69, 9.17) is 4.74 Å². The maximum Gasteiger partial charge on any atom is 0.138 e. The van der Waals surface area contributed by atoms with Crippen molar-refractivity contribution < 1.29 is 9.53 Å². The van der Waals surface area contributed by atoms with Crippen molar-refractivity contribution >= 4 is 5.78 Å². The van der Waals surface area contributed by atoms with Gasteiger partial charge in [-0.3, -0.25) is 4.79 Å². The summed E-state index contributed by atoms with van der Waals surface area (Å²) in [5.41, 5.74) is -0.110. The lowest BCUT2D eigenvalue weighted by Crippen LogP contribution is -2.28. The van der Waals surface area contributed by atoms with Gasteiger partial charge in [0.1, 0.15) is 5.78 Å². The molecular formula is C10H18O2. The second-order valence-corrected chi connectivity index (χ2v) is 3.78. The summed E-state index contributed by atoms with van der Waals surface area (Å²) in [4.78, 5) is 11.6. The Morgan fingerprint density at radius 2 is 2.17 bits per heavy atom. The van der Waals surface area contributed by atoms with Crippen LogP contribution in [0.3, 0.4) is 0 Å². The summed E-state index contributed by atoms with van der Waals surface area (Å²) in [5, 5.41) is 0. The average Bonchev–Trinajstić information content (AvgIpc) is 2.70. The summed E-state index contributed by atoms with van der Waals surface area (Å²) < 4.78 is 5.30. The molecule has 0 bridgehead atoms. The molecule has 12 heavy (non-hydrogen) atoms. The molecule has 0 aromatic carbocycles.